The third-order valence-corrected chi connectivity index (χ3v) is 5.97. The molecule has 4 rings (SSSR count). The summed E-state index contributed by atoms with van der Waals surface area (Å²) in [5.41, 5.74) is 1.30. The second kappa shape index (κ2) is 6.28. The maximum absolute atomic E-state index is 12.4. The predicted molar refractivity (Wildman–Crippen MR) is 101 cm³/mol. The molecular formula is C18H20N4O3S. The largest absolute Gasteiger partial charge is 0.338 e. The summed E-state index contributed by atoms with van der Waals surface area (Å²) in [4.78, 5) is 15.3. The summed E-state index contributed by atoms with van der Waals surface area (Å²) in [5.74, 6) is 0.487. The van der Waals surface area contributed by atoms with Crippen LogP contribution in [0.4, 0.5) is 11.5 Å². The molecule has 26 heavy (non-hydrogen) atoms. The smallest absolute Gasteiger partial charge is 0.261 e. The summed E-state index contributed by atoms with van der Waals surface area (Å²) in [7, 11) is -3.24. The Kier molecular flexibility index (Phi) is 4.07. The van der Waals surface area contributed by atoms with E-state index in [0.29, 0.717) is 22.9 Å². The van der Waals surface area contributed by atoms with Crippen molar-refractivity contribution in [3.8, 4) is 0 Å². The van der Waals surface area contributed by atoms with Gasteiger partial charge in [0.05, 0.1) is 16.5 Å². The van der Waals surface area contributed by atoms with Crippen LogP contribution in [0.5, 0.6) is 0 Å². The fourth-order valence-corrected chi connectivity index (χ4v) is 4.17. The van der Waals surface area contributed by atoms with Crippen LogP contribution in [-0.2, 0) is 9.84 Å². The molecule has 1 aliphatic rings. The van der Waals surface area contributed by atoms with Gasteiger partial charge in [-0.15, -0.1) is 0 Å². The van der Waals surface area contributed by atoms with E-state index in [1.807, 2.05) is 10.7 Å². The number of hydrogen-bond donors (Lipinski definition) is 2. The van der Waals surface area contributed by atoms with E-state index < -0.39 is 9.84 Å². The van der Waals surface area contributed by atoms with Crippen LogP contribution in [0, 0.1) is 0 Å². The van der Waals surface area contributed by atoms with Gasteiger partial charge in [-0.2, -0.15) is 5.10 Å². The van der Waals surface area contributed by atoms with Gasteiger partial charge in [0, 0.05) is 18.1 Å². The Hall–Kier alpha value is -2.61. The van der Waals surface area contributed by atoms with Crippen molar-refractivity contribution < 1.29 is 8.42 Å². The van der Waals surface area contributed by atoms with Gasteiger partial charge >= 0.3 is 0 Å². The minimum atomic E-state index is -3.24. The normalized spacial score (nSPS) is 15.6. The second-order valence-corrected chi connectivity index (χ2v) is 8.74. The highest BCUT2D eigenvalue weighted by atomic mass is 32.2. The Balaban J connectivity index is 1.75. The summed E-state index contributed by atoms with van der Waals surface area (Å²) in [5, 5.41) is 8.35. The maximum Gasteiger partial charge on any atom is 0.261 e. The van der Waals surface area contributed by atoms with Gasteiger partial charge in [0.2, 0.25) is 0 Å². The summed E-state index contributed by atoms with van der Waals surface area (Å²) in [6, 6.07) is 8.61. The molecule has 2 aromatic heterocycles. The third-order valence-electron chi connectivity index (χ3n) is 4.85. The molecule has 0 saturated heterocycles. The zero-order chi connectivity index (χ0) is 18.3. The summed E-state index contributed by atoms with van der Waals surface area (Å²) in [6.07, 6.45) is 7.28. The molecule has 1 aliphatic carbocycles. The van der Waals surface area contributed by atoms with Crippen LogP contribution in [0.3, 0.4) is 0 Å². The van der Waals surface area contributed by atoms with Gasteiger partial charge in [-0.05, 0) is 43.2 Å². The van der Waals surface area contributed by atoms with Gasteiger partial charge in [-0.25, -0.2) is 8.42 Å². The van der Waals surface area contributed by atoms with Crippen LogP contribution in [0.2, 0.25) is 0 Å². The lowest BCUT2D eigenvalue weighted by Gasteiger charge is -2.10. The van der Waals surface area contributed by atoms with E-state index in [1.165, 1.54) is 31.2 Å². The summed E-state index contributed by atoms with van der Waals surface area (Å²) >= 11 is 0. The first kappa shape index (κ1) is 16.8. The second-order valence-electron chi connectivity index (χ2n) is 6.72. The molecule has 2 heterocycles. The molecule has 0 atom stereocenters. The molecule has 136 valence electrons. The van der Waals surface area contributed by atoms with Gasteiger partial charge in [0.25, 0.3) is 5.56 Å². The molecule has 0 spiro atoms. The zero-order valence-corrected chi connectivity index (χ0v) is 15.2. The standard InChI is InChI=1S/C18H20N4O3S/c1-26(24,25)14-8-6-12(7-9-14)20-17-16-15(10-11-19-18(16)23)22(21-17)13-4-2-3-5-13/h6-11,13H,2-5H2,1H3,(H,19,23)(H,20,21). The maximum atomic E-state index is 12.4. The highest BCUT2D eigenvalue weighted by Crippen LogP contribution is 2.33. The summed E-state index contributed by atoms with van der Waals surface area (Å²) < 4.78 is 25.1. The first-order chi connectivity index (χ1) is 12.4. The number of anilines is 2. The molecule has 2 N–H and O–H groups in total. The minimum Gasteiger partial charge on any atom is -0.338 e. The van der Waals surface area contributed by atoms with E-state index in [0.717, 1.165) is 18.4 Å². The predicted octanol–water partition coefficient (Wildman–Crippen LogP) is 2.99. The van der Waals surface area contributed by atoms with Crippen LogP contribution in [0.1, 0.15) is 31.7 Å². The van der Waals surface area contributed by atoms with E-state index in [2.05, 4.69) is 15.4 Å². The van der Waals surface area contributed by atoms with Crippen LogP contribution < -0.4 is 10.9 Å². The Bertz CT molecular complexity index is 1110. The Morgan fingerprint density at radius 2 is 1.85 bits per heavy atom. The Morgan fingerprint density at radius 1 is 1.15 bits per heavy atom. The van der Waals surface area contributed by atoms with Crippen LogP contribution in [0.15, 0.2) is 46.2 Å². The summed E-state index contributed by atoms with van der Waals surface area (Å²) in [6.45, 7) is 0. The van der Waals surface area contributed by atoms with Crippen molar-refractivity contribution in [2.24, 2.45) is 0 Å². The topological polar surface area (TPSA) is 96.8 Å². The average molecular weight is 372 g/mol. The van der Waals surface area contributed by atoms with Crippen molar-refractivity contribution in [3.05, 3.63) is 46.9 Å². The van der Waals surface area contributed by atoms with Gasteiger partial charge < -0.3 is 10.3 Å². The van der Waals surface area contributed by atoms with Gasteiger partial charge in [-0.3, -0.25) is 9.48 Å². The number of benzene rings is 1. The van der Waals surface area contributed by atoms with Crippen molar-refractivity contribution in [1.82, 2.24) is 14.8 Å². The lowest BCUT2D eigenvalue weighted by Crippen LogP contribution is -2.08. The molecule has 0 unspecified atom stereocenters. The number of sulfone groups is 1. The molecule has 3 aromatic rings. The number of rotatable bonds is 4. The number of nitrogens with one attached hydrogen (secondary N) is 2. The number of aromatic nitrogens is 3. The molecule has 1 aromatic carbocycles. The first-order valence-corrected chi connectivity index (χ1v) is 10.5. The third kappa shape index (κ3) is 3.01. The van der Waals surface area contributed by atoms with Crippen molar-refractivity contribution in [2.75, 3.05) is 11.6 Å². The van der Waals surface area contributed by atoms with Crippen molar-refractivity contribution in [2.45, 2.75) is 36.6 Å². The SMILES string of the molecule is CS(=O)(=O)c1ccc(Nc2nn(C3CCCC3)c3cc[nH]c(=O)c23)cc1. The number of hydrogen-bond acceptors (Lipinski definition) is 5. The van der Waals surface area contributed by atoms with E-state index in [9.17, 15) is 13.2 Å². The number of nitrogens with zero attached hydrogens (tertiary/aromatic N) is 2. The van der Waals surface area contributed by atoms with E-state index in [1.54, 1.807) is 18.3 Å². The van der Waals surface area contributed by atoms with E-state index in [4.69, 9.17) is 0 Å². The molecular weight excluding hydrogens is 352 g/mol. The molecule has 0 aliphatic heterocycles. The molecule has 7 nitrogen and oxygen atoms in total. The number of pyridine rings is 1. The Labute approximate surface area is 151 Å². The lowest BCUT2D eigenvalue weighted by molar-refractivity contribution is 0.483. The number of aromatic amines is 1. The zero-order valence-electron chi connectivity index (χ0n) is 14.4. The van der Waals surface area contributed by atoms with Crippen molar-refractivity contribution in [1.29, 1.82) is 0 Å². The van der Waals surface area contributed by atoms with Crippen molar-refractivity contribution in [3.63, 3.8) is 0 Å². The monoisotopic (exact) mass is 372 g/mol. The first-order valence-electron chi connectivity index (χ1n) is 8.60. The van der Waals surface area contributed by atoms with Crippen LogP contribution >= 0.6 is 0 Å². The minimum absolute atomic E-state index is 0.193. The van der Waals surface area contributed by atoms with Crippen LogP contribution in [0.25, 0.3) is 10.9 Å². The highest BCUT2D eigenvalue weighted by Gasteiger charge is 2.23. The molecule has 0 radical (unpaired) electrons. The molecule has 8 heteroatoms. The molecule has 0 amide bonds. The molecule has 1 fully saturated rings. The quantitative estimate of drug-likeness (QED) is 0.734. The van der Waals surface area contributed by atoms with Crippen LogP contribution in [-0.4, -0.2) is 29.4 Å². The lowest BCUT2D eigenvalue weighted by atomic mass is 10.2. The number of H-pyrrole nitrogens is 1. The fourth-order valence-electron chi connectivity index (χ4n) is 3.54. The van der Waals surface area contributed by atoms with E-state index in [-0.39, 0.29) is 10.5 Å². The fraction of sp³-hybridized carbons (Fsp3) is 0.333. The van der Waals surface area contributed by atoms with Gasteiger partial charge in [0.1, 0.15) is 5.39 Å². The highest BCUT2D eigenvalue weighted by molar-refractivity contribution is 7.90. The molecule has 1 saturated carbocycles. The van der Waals surface area contributed by atoms with E-state index >= 15 is 0 Å². The van der Waals surface area contributed by atoms with Gasteiger partial charge in [-0.1, -0.05) is 12.8 Å². The van der Waals surface area contributed by atoms with Crippen molar-refractivity contribution >= 4 is 32.2 Å². The Morgan fingerprint density at radius 3 is 2.50 bits per heavy atom. The average Bonchev–Trinajstić information content (AvgIpc) is 3.23. The van der Waals surface area contributed by atoms with Gasteiger partial charge in [0.15, 0.2) is 15.7 Å². The number of fused-ring (bicyclic) bond motifs is 1. The molecule has 0 bridgehead atoms.